The van der Waals surface area contributed by atoms with E-state index in [1.54, 1.807) is 7.11 Å². The molecule has 4 nitrogen and oxygen atoms in total. The van der Waals surface area contributed by atoms with Crippen LogP contribution >= 0.6 is 0 Å². The lowest BCUT2D eigenvalue weighted by atomic mass is 9.98. The molecule has 1 N–H and O–H groups in total. The van der Waals surface area contributed by atoms with E-state index in [0.29, 0.717) is 18.0 Å². The molecule has 0 aromatic carbocycles. The van der Waals surface area contributed by atoms with Gasteiger partial charge in [0, 0.05) is 38.3 Å². The van der Waals surface area contributed by atoms with Crippen molar-refractivity contribution in [2.75, 3.05) is 47.1 Å². The molecule has 0 saturated carbocycles. The summed E-state index contributed by atoms with van der Waals surface area (Å²) in [7, 11) is 3.82. The molecule has 102 valence electrons. The maximum Gasteiger partial charge on any atom is 0.0615 e. The van der Waals surface area contributed by atoms with Crippen molar-refractivity contribution in [3.05, 3.63) is 0 Å². The van der Waals surface area contributed by atoms with Crippen LogP contribution in [-0.4, -0.2) is 64.1 Å². The van der Waals surface area contributed by atoms with Gasteiger partial charge in [-0.15, -0.1) is 0 Å². The number of nitrogens with one attached hydrogen (secondary N) is 1. The molecule has 1 fully saturated rings. The van der Waals surface area contributed by atoms with Gasteiger partial charge in [-0.05, 0) is 26.9 Å². The number of hydrogen-bond acceptors (Lipinski definition) is 4. The topological polar surface area (TPSA) is 33.7 Å². The van der Waals surface area contributed by atoms with Gasteiger partial charge < -0.3 is 14.8 Å². The average molecular weight is 244 g/mol. The molecule has 1 aliphatic heterocycles. The second-order valence-electron chi connectivity index (χ2n) is 4.91. The number of methoxy groups -OCH3 is 1. The van der Waals surface area contributed by atoms with E-state index in [0.717, 1.165) is 32.9 Å². The second-order valence-corrected chi connectivity index (χ2v) is 4.91. The maximum absolute atomic E-state index is 5.48. The van der Waals surface area contributed by atoms with Gasteiger partial charge in [0.1, 0.15) is 0 Å². The van der Waals surface area contributed by atoms with E-state index in [2.05, 4.69) is 31.1 Å². The van der Waals surface area contributed by atoms with Gasteiger partial charge in [0.05, 0.1) is 13.2 Å². The number of rotatable bonds is 8. The Bertz CT molecular complexity index is 196. The van der Waals surface area contributed by atoms with Crippen LogP contribution in [0.25, 0.3) is 0 Å². The lowest BCUT2D eigenvalue weighted by Gasteiger charge is -2.33. The summed E-state index contributed by atoms with van der Waals surface area (Å²) < 4.78 is 10.7. The molecule has 1 saturated heterocycles. The highest BCUT2D eigenvalue weighted by Gasteiger charge is 2.27. The van der Waals surface area contributed by atoms with Crippen molar-refractivity contribution in [2.24, 2.45) is 5.92 Å². The molecule has 0 amide bonds. The summed E-state index contributed by atoms with van der Waals surface area (Å²) in [4.78, 5) is 2.48. The third-order valence-electron chi connectivity index (χ3n) is 3.77. The number of hydrogen-bond donors (Lipinski definition) is 1. The Labute approximate surface area is 106 Å². The monoisotopic (exact) mass is 244 g/mol. The van der Waals surface area contributed by atoms with E-state index in [-0.39, 0.29) is 0 Å². The molecule has 0 bridgehead atoms. The van der Waals surface area contributed by atoms with Gasteiger partial charge in [0.2, 0.25) is 0 Å². The first kappa shape index (κ1) is 14.9. The van der Waals surface area contributed by atoms with Crippen molar-refractivity contribution in [3.63, 3.8) is 0 Å². The smallest absolute Gasteiger partial charge is 0.0615 e. The average Bonchev–Trinajstić information content (AvgIpc) is 2.84. The number of ether oxygens (including phenoxy) is 2. The van der Waals surface area contributed by atoms with E-state index >= 15 is 0 Å². The Morgan fingerprint density at radius 2 is 2.29 bits per heavy atom. The Kier molecular flexibility index (Phi) is 7.04. The molecule has 0 aromatic heterocycles. The first-order valence-corrected chi connectivity index (χ1v) is 6.70. The predicted molar refractivity (Wildman–Crippen MR) is 70.4 cm³/mol. The van der Waals surface area contributed by atoms with Crippen LogP contribution in [0.2, 0.25) is 0 Å². The molecule has 0 aromatic rings. The minimum Gasteiger partial charge on any atom is -0.383 e. The SMILES string of the molecule is CCN(CC(NC)C1CCOC1)C(C)COC. The van der Waals surface area contributed by atoms with Crippen molar-refractivity contribution in [3.8, 4) is 0 Å². The molecular weight excluding hydrogens is 216 g/mol. The summed E-state index contributed by atoms with van der Waals surface area (Å²) in [6, 6.07) is 1.000. The summed E-state index contributed by atoms with van der Waals surface area (Å²) in [5.74, 6) is 0.656. The minimum atomic E-state index is 0.475. The Balaban J connectivity index is 2.45. The standard InChI is InChI=1S/C13H28N2O2/c1-5-15(11(2)9-16-4)8-13(14-3)12-6-7-17-10-12/h11-14H,5-10H2,1-4H3. The molecule has 1 heterocycles. The van der Waals surface area contributed by atoms with Crippen LogP contribution in [0.5, 0.6) is 0 Å². The number of nitrogens with zero attached hydrogens (tertiary/aromatic N) is 1. The van der Waals surface area contributed by atoms with Gasteiger partial charge in [0.25, 0.3) is 0 Å². The van der Waals surface area contributed by atoms with Crippen molar-refractivity contribution < 1.29 is 9.47 Å². The Hall–Kier alpha value is -0.160. The molecule has 0 spiro atoms. The third-order valence-corrected chi connectivity index (χ3v) is 3.77. The zero-order valence-electron chi connectivity index (χ0n) is 11.7. The predicted octanol–water partition coefficient (Wildman–Crippen LogP) is 0.968. The van der Waals surface area contributed by atoms with Crippen LogP contribution in [0.3, 0.4) is 0 Å². The van der Waals surface area contributed by atoms with Crippen molar-refractivity contribution in [1.82, 2.24) is 10.2 Å². The van der Waals surface area contributed by atoms with Gasteiger partial charge in [0.15, 0.2) is 0 Å². The summed E-state index contributed by atoms with van der Waals surface area (Å²) in [5, 5.41) is 3.44. The van der Waals surface area contributed by atoms with E-state index in [1.807, 2.05) is 0 Å². The zero-order valence-corrected chi connectivity index (χ0v) is 11.7. The minimum absolute atomic E-state index is 0.475. The van der Waals surface area contributed by atoms with Crippen LogP contribution in [0, 0.1) is 5.92 Å². The molecule has 0 aliphatic carbocycles. The largest absolute Gasteiger partial charge is 0.383 e. The fourth-order valence-electron chi connectivity index (χ4n) is 2.57. The summed E-state index contributed by atoms with van der Waals surface area (Å²) in [6.07, 6.45) is 1.18. The Morgan fingerprint density at radius 3 is 2.76 bits per heavy atom. The molecule has 0 radical (unpaired) electrons. The molecular formula is C13H28N2O2. The summed E-state index contributed by atoms with van der Waals surface area (Å²) in [6.45, 7) is 9.20. The molecule has 1 rings (SSSR count). The normalized spacial score (nSPS) is 24.2. The van der Waals surface area contributed by atoms with Crippen LogP contribution in [0.1, 0.15) is 20.3 Å². The molecule has 4 heteroatoms. The maximum atomic E-state index is 5.48. The lowest BCUT2D eigenvalue weighted by Crippen LogP contribution is -2.48. The quantitative estimate of drug-likeness (QED) is 0.690. The molecule has 1 aliphatic rings. The van der Waals surface area contributed by atoms with Gasteiger partial charge >= 0.3 is 0 Å². The highest BCUT2D eigenvalue weighted by Crippen LogP contribution is 2.18. The molecule has 3 unspecified atom stereocenters. The van der Waals surface area contributed by atoms with Crippen LogP contribution in [-0.2, 0) is 9.47 Å². The number of likely N-dealkylation sites (N-methyl/N-ethyl adjacent to an activating group) is 2. The van der Waals surface area contributed by atoms with Crippen molar-refractivity contribution in [1.29, 1.82) is 0 Å². The highest BCUT2D eigenvalue weighted by atomic mass is 16.5. The second kappa shape index (κ2) is 8.03. The first-order valence-electron chi connectivity index (χ1n) is 6.70. The first-order chi connectivity index (χ1) is 8.22. The van der Waals surface area contributed by atoms with Crippen LogP contribution in [0.15, 0.2) is 0 Å². The molecule has 17 heavy (non-hydrogen) atoms. The zero-order chi connectivity index (χ0) is 12.7. The van der Waals surface area contributed by atoms with Gasteiger partial charge in [-0.1, -0.05) is 6.92 Å². The van der Waals surface area contributed by atoms with Gasteiger partial charge in [-0.2, -0.15) is 0 Å². The Morgan fingerprint density at radius 1 is 1.53 bits per heavy atom. The highest BCUT2D eigenvalue weighted by molar-refractivity contribution is 4.82. The molecule has 3 atom stereocenters. The van der Waals surface area contributed by atoms with Crippen molar-refractivity contribution >= 4 is 0 Å². The van der Waals surface area contributed by atoms with E-state index < -0.39 is 0 Å². The summed E-state index contributed by atoms with van der Waals surface area (Å²) >= 11 is 0. The van der Waals surface area contributed by atoms with Gasteiger partial charge in [-0.25, -0.2) is 0 Å². The van der Waals surface area contributed by atoms with Crippen molar-refractivity contribution in [2.45, 2.75) is 32.4 Å². The van der Waals surface area contributed by atoms with Crippen LogP contribution in [0.4, 0.5) is 0 Å². The summed E-state index contributed by atoms with van der Waals surface area (Å²) in [5.41, 5.74) is 0. The van der Waals surface area contributed by atoms with E-state index in [1.165, 1.54) is 6.42 Å². The fraction of sp³-hybridized carbons (Fsp3) is 1.00. The van der Waals surface area contributed by atoms with E-state index in [4.69, 9.17) is 9.47 Å². The van der Waals surface area contributed by atoms with E-state index in [9.17, 15) is 0 Å². The van der Waals surface area contributed by atoms with Gasteiger partial charge in [-0.3, -0.25) is 4.90 Å². The lowest BCUT2D eigenvalue weighted by molar-refractivity contribution is 0.0879. The fourth-order valence-corrected chi connectivity index (χ4v) is 2.57. The van der Waals surface area contributed by atoms with Crippen LogP contribution < -0.4 is 5.32 Å². The third kappa shape index (κ3) is 4.54.